The van der Waals surface area contributed by atoms with Gasteiger partial charge in [0.15, 0.2) is 0 Å². The summed E-state index contributed by atoms with van der Waals surface area (Å²) >= 11 is 0. The Balaban J connectivity index is 2.09. The average Bonchev–Trinajstić information content (AvgIpc) is 2.81. The monoisotopic (exact) mass is 277 g/mol. The molecule has 1 aromatic rings. The number of hydrogen-bond acceptors (Lipinski definition) is 4. The molecule has 7 nitrogen and oxygen atoms in total. The Morgan fingerprint density at radius 3 is 2.75 bits per heavy atom. The number of aliphatic carboxylic acids is 1. The van der Waals surface area contributed by atoms with Gasteiger partial charge in [0.1, 0.15) is 6.04 Å². The van der Waals surface area contributed by atoms with Gasteiger partial charge in [0, 0.05) is 12.2 Å². The Morgan fingerprint density at radius 2 is 2.10 bits per heavy atom. The topological polar surface area (TPSA) is 122 Å². The van der Waals surface area contributed by atoms with E-state index in [0.717, 1.165) is 11.3 Å². The number of nitrogens with one attached hydrogen (secondary N) is 2. The van der Waals surface area contributed by atoms with Crippen LogP contribution >= 0.6 is 0 Å². The molecule has 5 N–H and O–H groups in total. The zero-order valence-electron chi connectivity index (χ0n) is 10.6. The third-order valence-corrected chi connectivity index (χ3v) is 3.17. The zero-order chi connectivity index (χ0) is 14.7. The summed E-state index contributed by atoms with van der Waals surface area (Å²) in [6.45, 7) is 0.397. The third-order valence-electron chi connectivity index (χ3n) is 3.17. The van der Waals surface area contributed by atoms with Gasteiger partial charge in [-0.2, -0.15) is 0 Å². The molecule has 2 rings (SSSR count). The van der Waals surface area contributed by atoms with E-state index < -0.39 is 36.2 Å². The van der Waals surface area contributed by atoms with Crippen molar-refractivity contribution in [2.45, 2.75) is 18.4 Å². The first-order valence-corrected chi connectivity index (χ1v) is 6.13. The van der Waals surface area contributed by atoms with E-state index in [1.807, 2.05) is 24.3 Å². The normalized spacial score (nSPS) is 17.7. The lowest BCUT2D eigenvalue weighted by atomic mass is 10.00. The van der Waals surface area contributed by atoms with E-state index in [1.165, 1.54) is 0 Å². The van der Waals surface area contributed by atoms with Gasteiger partial charge in [-0.25, -0.2) is 4.79 Å². The molecular formula is C13H15N3O4. The van der Waals surface area contributed by atoms with Gasteiger partial charge in [0.2, 0.25) is 11.8 Å². The number of carboxylic acid groups (broad SMARTS) is 1. The Kier molecular flexibility index (Phi) is 3.88. The molecule has 0 saturated carbocycles. The Bertz CT molecular complexity index is 558. The highest BCUT2D eigenvalue weighted by atomic mass is 16.4. The summed E-state index contributed by atoms with van der Waals surface area (Å²) in [5.74, 6) is -2.96. The molecule has 1 aliphatic rings. The molecule has 2 amide bonds. The van der Waals surface area contributed by atoms with Gasteiger partial charge in [0.05, 0.1) is 12.3 Å². The fraction of sp³-hybridized carbons (Fsp3) is 0.308. The quantitative estimate of drug-likeness (QED) is 0.585. The van der Waals surface area contributed by atoms with Crippen molar-refractivity contribution < 1.29 is 19.5 Å². The molecule has 7 heteroatoms. The van der Waals surface area contributed by atoms with Crippen LogP contribution in [0.25, 0.3) is 0 Å². The van der Waals surface area contributed by atoms with Gasteiger partial charge in [-0.15, -0.1) is 0 Å². The number of carbonyl (C=O) groups is 3. The summed E-state index contributed by atoms with van der Waals surface area (Å²) in [6.07, 6.45) is -0.428. The fourth-order valence-electron chi connectivity index (χ4n) is 2.19. The highest BCUT2D eigenvalue weighted by Gasteiger charge is 2.31. The minimum Gasteiger partial charge on any atom is -0.480 e. The number of carbonyl (C=O) groups excluding carboxylic acids is 2. The highest BCUT2D eigenvalue weighted by Crippen LogP contribution is 2.31. The minimum atomic E-state index is -1.30. The molecule has 0 aromatic heterocycles. The number of rotatable bonds is 5. The summed E-state index contributed by atoms with van der Waals surface area (Å²) in [6, 6.07) is 6.01. The summed E-state index contributed by atoms with van der Waals surface area (Å²) in [5, 5.41) is 14.4. The van der Waals surface area contributed by atoms with E-state index in [0.29, 0.717) is 6.54 Å². The van der Waals surface area contributed by atoms with E-state index in [2.05, 4.69) is 10.6 Å². The van der Waals surface area contributed by atoms with Gasteiger partial charge in [0.25, 0.3) is 0 Å². The number of primary amides is 1. The molecule has 1 unspecified atom stereocenters. The van der Waals surface area contributed by atoms with Crippen molar-refractivity contribution >= 4 is 23.5 Å². The predicted molar refractivity (Wildman–Crippen MR) is 71.1 cm³/mol. The maximum absolute atomic E-state index is 12.1. The van der Waals surface area contributed by atoms with Gasteiger partial charge in [-0.05, 0) is 11.6 Å². The second-order valence-electron chi connectivity index (χ2n) is 4.59. The van der Waals surface area contributed by atoms with Crippen LogP contribution in [0.4, 0.5) is 5.69 Å². The van der Waals surface area contributed by atoms with Crippen molar-refractivity contribution in [1.82, 2.24) is 5.32 Å². The Morgan fingerprint density at radius 1 is 1.40 bits per heavy atom. The maximum atomic E-state index is 12.1. The number of carboxylic acids is 1. The standard InChI is InChI=1S/C13H15N3O4/c14-11(17)5-10(13(19)20)16-12(18)8-6-15-9-4-2-1-3-7(8)9/h1-4,8,10,15H,5-6H2,(H2,14,17)(H,16,18)(H,19,20)/t8?,10-/m1/s1. The Hall–Kier alpha value is -2.57. The summed E-state index contributed by atoms with van der Waals surface area (Å²) in [7, 11) is 0. The number of para-hydroxylation sites is 1. The summed E-state index contributed by atoms with van der Waals surface area (Å²) in [5.41, 5.74) is 6.64. The van der Waals surface area contributed by atoms with Gasteiger partial charge < -0.3 is 21.5 Å². The van der Waals surface area contributed by atoms with Crippen molar-refractivity contribution in [3.63, 3.8) is 0 Å². The molecule has 0 fully saturated rings. The molecule has 0 saturated heterocycles. The summed E-state index contributed by atoms with van der Waals surface area (Å²) < 4.78 is 0. The number of benzene rings is 1. The predicted octanol–water partition coefficient (Wildman–Crippen LogP) is -0.359. The molecule has 2 atom stereocenters. The van der Waals surface area contributed by atoms with Crippen molar-refractivity contribution in [1.29, 1.82) is 0 Å². The lowest BCUT2D eigenvalue weighted by Crippen LogP contribution is -2.45. The largest absolute Gasteiger partial charge is 0.480 e. The molecule has 1 aliphatic heterocycles. The Labute approximate surface area is 115 Å². The van der Waals surface area contributed by atoms with Crippen LogP contribution in [-0.4, -0.2) is 35.5 Å². The van der Waals surface area contributed by atoms with Crippen molar-refractivity contribution in [3.05, 3.63) is 29.8 Å². The van der Waals surface area contributed by atoms with Crippen LogP contribution in [0.2, 0.25) is 0 Å². The van der Waals surface area contributed by atoms with Crippen LogP contribution in [0.15, 0.2) is 24.3 Å². The number of nitrogens with two attached hydrogens (primary N) is 1. The fourth-order valence-corrected chi connectivity index (χ4v) is 2.19. The second kappa shape index (κ2) is 5.60. The van der Waals surface area contributed by atoms with E-state index in [-0.39, 0.29) is 0 Å². The van der Waals surface area contributed by atoms with Crippen molar-refractivity contribution in [2.75, 3.05) is 11.9 Å². The number of amides is 2. The van der Waals surface area contributed by atoms with E-state index >= 15 is 0 Å². The van der Waals surface area contributed by atoms with Crippen LogP contribution in [-0.2, 0) is 14.4 Å². The molecule has 0 spiro atoms. The van der Waals surface area contributed by atoms with Crippen molar-refractivity contribution in [3.8, 4) is 0 Å². The van der Waals surface area contributed by atoms with Gasteiger partial charge in [-0.3, -0.25) is 9.59 Å². The maximum Gasteiger partial charge on any atom is 0.326 e. The lowest BCUT2D eigenvalue weighted by Gasteiger charge is -2.16. The van der Waals surface area contributed by atoms with E-state index in [4.69, 9.17) is 10.8 Å². The van der Waals surface area contributed by atoms with Gasteiger partial charge >= 0.3 is 5.97 Å². The number of anilines is 1. The molecule has 0 bridgehead atoms. The van der Waals surface area contributed by atoms with Crippen LogP contribution < -0.4 is 16.4 Å². The molecule has 0 aliphatic carbocycles. The molecular weight excluding hydrogens is 262 g/mol. The highest BCUT2D eigenvalue weighted by molar-refractivity contribution is 5.92. The zero-order valence-corrected chi connectivity index (χ0v) is 10.6. The first-order chi connectivity index (χ1) is 9.49. The average molecular weight is 277 g/mol. The number of hydrogen-bond donors (Lipinski definition) is 4. The third kappa shape index (κ3) is 2.87. The lowest BCUT2D eigenvalue weighted by molar-refractivity contribution is -0.143. The second-order valence-corrected chi connectivity index (χ2v) is 4.59. The van der Waals surface area contributed by atoms with Crippen LogP contribution in [0.3, 0.4) is 0 Å². The molecule has 0 radical (unpaired) electrons. The first-order valence-electron chi connectivity index (χ1n) is 6.13. The van der Waals surface area contributed by atoms with E-state index in [9.17, 15) is 14.4 Å². The molecule has 1 aromatic carbocycles. The minimum absolute atomic E-state index is 0.397. The molecule has 106 valence electrons. The smallest absolute Gasteiger partial charge is 0.326 e. The SMILES string of the molecule is NC(=O)C[C@@H](NC(=O)C1CNc2ccccc21)C(=O)O. The summed E-state index contributed by atoms with van der Waals surface area (Å²) in [4.78, 5) is 33.9. The molecule has 20 heavy (non-hydrogen) atoms. The van der Waals surface area contributed by atoms with Crippen LogP contribution in [0.5, 0.6) is 0 Å². The van der Waals surface area contributed by atoms with E-state index in [1.54, 1.807) is 0 Å². The van der Waals surface area contributed by atoms with Gasteiger partial charge in [-0.1, -0.05) is 18.2 Å². The molecule has 1 heterocycles. The van der Waals surface area contributed by atoms with Crippen LogP contribution in [0, 0.1) is 0 Å². The number of fused-ring (bicyclic) bond motifs is 1. The van der Waals surface area contributed by atoms with Crippen molar-refractivity contribution in [2.24, 2.45) is 5.73 Å². The first kappa shape index (κ1) is 13.9. The van der Waals surface area contributed by atoms with Crippen LogP contribution in [0.1, 0.15) is 17.9 Å².